The zero-order valence-electron chi connectivity index (χ0n) is 31.7. The Labute approximate surface area is 313 Å². The van der Waals surface area contributed by atoms with Crippen molar-refractivity contribution in [2.75, 3.05) is 44.9 Å². The van der Waals surface area contributed by atoms with Gasteiger partial charge in [0.2, 0.25) is 0 Å². The zero-order valence-corrected chi connectivity index (χ0v) is 31.7. The van der Waals surface area contributed by atoms with Gasteiger partial charge in [0.05, 0.1) is 26.9 Å². The van der Waals surface area contributed by atoms with E-state index in [9.17, 15) is 0 Å². The number of methoxy groups -OCH3 is 1. The Kier molecular flexibility index (Phi) is 7.21. The van der Waals surface area contributed by atoms with Crippen molar-refractivity contribution in [2.24, 2.45) is 10.8 Å². The molecule has 2 aliphatic carbocycles. The van der Waals surface area contributed by atoms with Gasteiger partial charge in [-0.3, -0.25) is 0 Å². The van der Waals surface area contributed by atoms with E-state index >= 15 is 0 Å². The number of nitrogens with zero attached hydrogens (tertiary/aromatic N) is 1. The molecular formula is C48H49NO4. The maximum atomic E-state index is 7.79. The van der Waals surface area contributed by atoms with Crippen molar-refractivity contribution in [3.8, 4) is 28.4 Å². The van der Waals surface area contributed by atoms with Gasteiger partial charge in [0, 0.05) is 63.6 Å². The summed E-state index contributed by atoms with van der Waals surface area (Å²) in [5.41, 5.74) is 10.8. The minimum atomic E-state index is -0.842. The molecule has 1 saturated carbocycles. The molecule has 5 aromatic rings. The minimum absolute atomic E-state index is 0.151. The Hall–Kier alpha value is -4.74. The lowest BCUT2D eigenvalue weighted by atomic mass is 9.52. The van der Waals surface area contributed by atoms with Crippen molar-refractivity contribution in [3.05, 3.63) is 124 Å². The number of fused-ring (bicyclic) bond motifs is 12. The van der Waals surface area contributed by atoms with Crippen LogP contribution in [0.25, 0.3) is 28.0 Å². The second-order valence-corrected chi connectivity index (χ2v) is 17.6. The maximum Gasteiger partial charge on any atom is 0.178 e. The first-order valence-corrected chi connectivity index (χ1v) is 19.5. The molecule has 0 radical (unpaired) electrons. The van der Waals surface area contributed by atoms with E-state index in [0.29, 0.717) is 6.61 Å². The first-order valence-electron chi connectivity index (χ1n) is 19.5. The van der Waals surface area contributed by atoms with E-state index in [0.717, 1.165) is 79.3 Å². The molecule has 1 saturated heterocycles. The SMILES string of the molecule is COc1cc2c3c(c4c(c2c2c1OCC2)-c1ccccc1C41CC(C)(C)CC(C)(C)C1)C=CC(c1ccccc1)(c1ccc(N2CCOCC2)cc1)O3. The van der Waals surface area contributed by atoms with E-state index in [1.165, 1.54) is 50.9 Å². The lowest BCUT2D eigenvalue weighted by molar-refractivity contribution is 0.0642. The molecule has 5 nitrogen and oxygen atoms in total. The number of morpholine rings is 1. The number of benzene rings is 5. The van der Waals surface area contributed by atoms with Crippen LogP contribution in [0, 0.1) is 10.8 Å². The quantitative estimate of drug-likeness (QED) is 0.186. The maximum absolute atomic E-state index is 7.79. The molecule has 0 N–H and O–H groups in total. The number of ether oxygens (including phenoxy) is 4. The molecule has 5 aromatic carbocycles. The first kappa shape index (κ1) is 32.9. The van der Waals surface area contributed by atoms with Crippen molar-refractivity contribution < 1.29 is 18.9 Å². The fourth-order valence-corrected chi connectivity index (χ4v) is 11.6. The second kappa shape index (κ2) is 11.6. The van der Waals surface area contributed by atoms with E-state index in [4.69, 9.17) is 18.9 Å². The Morgan fingerprint density at radius 2 is 1.43 bits per heavy atom. The molecule has 10 rings (SSSR count). The van der Waals surface area contributed by atoms with Crippen LogP contribution in [-0.2, 0) is 22.2 Å². The lowest BCUT2D eigenvalue weighted by Crippen LogP contribution is -2.44. The van der Waals surface area contributed by atoms with Gasteiger partial charge in [-0.05, 0) is 76.6 Å². The van der Waals surface area contributed by atoms with Gasteiger partial charge >= 0.3 is 0 Å². The summed E-state index contributed by atoms with van der Waals surface area (Å²) >= 11 is 0. The summed E-state index contributed by atoms with van der Waals surface area (Å²) in [5, 5.41) is 2.35. The van der Waals surface area contributed by atoms with Crippen LogP contribution in [0.15, 0.2) is 91.0 Å². The standard InChI is InChI=1S/C48H49NO4/c1-45(2)28-46(3,4)30-47(29-45)38-14-10-9-13-34(38)41-40-35-20-24-52-44(35)39(50-5)27-37(40)43-36(42(41)47)19-21-48(53-43,31-11-7-6-8-12-31)32-15-17-33(18-16-32)49-22-25-51-26-23-49/h6-19,21,27H,20,22-26,28-30H2,1-5H3. The van der Waals surface area contributed by atoms with E-state index in [2.05, 4.69) is 130 Å². The van der Waals surface area contributed by atoms with Crippen molar-refractivity contribution >= 4 is 22.5 Å². The van der Waals surface area contributed by atoms with Gasteiger partial charge < -0.3 is 23.8 Å². The molecule has 270 valence electrons. The summed E-state index contributed by atoms with van der Waals surface area (Å²) in [6.07, 6.45) is 8.95. The highest BCUT2D eigenvalue weighted by molar-refractivity contribution is 6.11. The third-order valence-electron chi connectivity index (χ3n) is 12.8. The van der Waals surface area contributed by atoms with Crippen LogP contribution in [0.1, 0.15) is 80.3 Å². The summed E-state index contributed by atoms with van der Waals surface area (Å²) in [4.78, 5) is 2.41. The third kappa shape index (κ3) is 4.85. The second-order valence-electron chi connectivity index (χ2n) is 17.6. The molecule has 0 amide bonds. The van der Waals surface area contributed by atoms with Gasteiger partial charge in [-0.2, -0.15) is 0 Å². The molecule has 53 heavy (non-hydrogen) atoms. The highest BCUT2D eigenvalue weighted by atomic mass is 16.5. The van der Waals surface area contributed by atoms with Crippen molar-refractivity contribution in [3.63, 3.8) is 0 Å². The summed E-state index contributed by atoms with van der Waals surface area (Å²) in [5.74, 6) is 2.58. The Morgan fingerprint density at radius 1 is 0.736 bits per heavy atom. The van der Waals surface area contributed by atoms with Crippen LogP contribution in [0.5, 0.6) is 17.2 Å². The molecule has 1 atom stereocenters. The van der Waals surface area contributed by atoms with E-state index in [1.807, 2.05) is 0 Å². The predicted octanol–water partition coefficient (Wildman–Crippen LogP) is 10.5. The summed E-state index contributed by atoms with van der Waals surface area (Å²) in [6.45, 7) is 13.9. The highest BCUT2D eigenvalue weighted by Gasteiger charge is 2.56. The van der Waals surface area contributed by atoms with Gasteiger partial charge in [-0.25, -0.2) is 0 Å². The molecule has 5 heteroatoms. The van der Waals surface area contributed by atoms with Gasteiger partial charge in [0.1, 0.15) is 5.75 Å². The minimum Gasteiger partial charge on any atom is -0.493 e. The number of hydrogen-bond donors (Lipinski definition) is 0. The van der Waals surface area contributed by atoms with Gasteiger partial charge in [-0.1, -0.05) is 101 Å². The van der Waals surface area contributed by atoms with Crippen LogP contribution in [0.4, 0.5) is 5.69 Å². The molecular weight excluding hydrogens is 655 g/mol. The number of hydrogen-bond acceptors (Lipinski definition) is 5. The van der Waals surface area contributed by atoms with Gasteiger partial charge in [0.15, 0.2) is 17.1 Å². The smallest absolute Gasteiger partial charge is 0.178 e. The summed E-state index contributed by atoms with van der Waals surface area (Å²) in [7, 11) is 1.75. The summed E-state index contributed by atoms with van der Waals surface area (Å²) < 4.78 is 25.9. The Bertz CT molecular complexity index is 2280. The van der Waals surface area contributed by atoms with Crippen LogP contribution in [-0.4, -0.2) is 40.0 Å². The van der Waals surface area contributed by atoms with E-state index < -0.39 is 5.60 Å². The molecule has 1 spiro atoms. The molecule has 3 aliphatic heterocycles. The molecule has 3 heterocycles. The average Bonchev–Trinajstić information content (AvgIpc) is 3.76. The topological polar surface area (TPSA) is 40.2 Å². The summed E-state index contributed by atoms with van der Waals surface area (Å²) in [6, 6.07) is 31.2. The van der Waals surface area contributed by atoms with Crippen LogP contribution < -0.4 is 19.1 Å². The normalized spacial score (nSPS) is 22.8. The highest BCUT2D eigenvalue weighted by Crippen LogP contribution is 2.67. The van der Waals surface area contributed by atoms with E-state index in [-0.39, 0.29) is 16.2 Å². The predicted molar refractivity (Wildman–Crippen MR) is 214 cm³/mol. The van der Waals surface area contributed by atoms with Crippen molar-refractivity contribution in [1.29, 1.82) is 0 Å². The molecule has 0 aromatic heterocycles. The fraction of sp³-hybridized carbons (Fsp3) is 0.375. The third-order valence-corrected chi connectivity index (χ3v) is 12.8. The van der Waals surface area contributed by atoms with Gasteiger partial charge in [-0.15, -0.1) is 0 Å². The lowest BCUT2D eigenvalue weighted by Gasteiger charge is -2.52. The molecule has 1 unspecified atom stereocenters. The molecule has 5 aliphatic rings. The number of anilines is 1. The van der Waals surface area contributed by atoms with Crippen molar-refractivity contribution in [2.45, 2.75) is 64.4 Å². The first-order chi connectivity index (χ1) is 25.6. The van der Waals surface area contributed by atoms with Crippen LogP contribution in [0.2, 0.25) is 0 Å². The zero-order chi connectivity index (χ0) is 36.2. The average molecular weight is 704 g/mol. The molecule has 0 bridgehead atoms. The van der Waals surface area contributed by atoms with Crippen LogP contribution in [0.3, 0.4) is 0 Å². The van der Waals surface area contributed by atoms with Crippen LogP contribution >= 0.6 is 0 Å². The Balaban J connectivity index is 1.28. The number of rotatable bonds is 4. The van der Waals surface area contributed by atoms with E-state index in [1.54, 1.807) is 7.11 Å². The van der Waals surface area contributed by atoms with Gasteiger partial charge in [0.25, 0.3) is 0 Å². The fourth-order valence-electron chi connectivity index (χ4n) is 11.6. The Morgan fingerprint density at radius 3 is 2.17 bits per heavy atom. The monoisotopic (exact) mass is 703 g/mol. The largest absolute Gasteiger partial charge is 0.493 e. The van der Waals surface area contributed by atoms with Crippen molar-refractivity contribution in [1.82, 2.24) is 0 Å². The molecule has 2 fully saturated rings.